The van der Waals surface area contributed by atoms with Crippen molar-refractivity contribution in [3.8, 4) is 0 Å². The van der Waals surface area contributed by atoms with Crippen molar-refractivity contribution in [3.63, 3.8) is 0 Å². The highest BCUT2D eigenvalue weighted by molar-refractivity contribution is 5.24. The summed E-state index contributed by atoms with van der Waals surface area (Å²) in [6, 6.07) is 0. The van der Waals surface area contributed by atoms with Crippen molar-refractivity contribution in [2.45, 2.75) is 32.7 Å². The molecule has 0 saturated carbocycles. The van der Waals surface area contributed by atoms with Crippen molar-refractivity contribution in [2.24, 2.45) is 0 Å². The number of ether oxygens (including phenoxy) is 1. The quantitative estimate of drug-likeness (QED) is 0.835. The Morgan fingerprint density at radius 1 is 1.28 bits per heavy atom. The fraction of sp³-hybridized carbons (Fsp3) is 0.769. The lowest BCUT2D eigenvalue weighted by molar-refractivity contribution is 0.110. The summed E-state index contributed by atoms with van der Waals surface area (Å²) in [5, 5.41) is 5.80. The minimum Gasteiger partial charge on any atom is -0.378 e. The first-order valence-corrected chi connectivity index (χ1v) is 6.91. The van der Waals surface area contributed by atoms with Gasteiger partial charge in [-0.1, -0.05) is 13.8 Å². The number of aromatic nitrogens is 2. The van der Waals surface area contributed by atoms with Crippen molar-refractivity contribution >= 4 is 0 Å². The second kappa shape index (κ2) is 4.90. The molecule has 0 bridgehead atoms. The largest absolute Gasteiger partial charge is 0.378 e. The van der Waals surface area contributed by atoms with Crippen molar-refractivity contribution in [3.05, 3.63) is 17.2 Å². The topological polar surface area (TPSA) is 42.3 Å². The van der Waals surface area contributed by atoms with Gasteiger partial charge in [0.25, 0.3) is 0 Å². The van der Waals surface area contributed by atoms with Gasteiger partial charge in [0.15, 0.2) is 0 Å². The van der Waals surface area contributed by atoms with Crippen molar-refractivity contribution in [1.29, 1.82) is 0 Å². The van der Waals surface area contributed by atoms with Crippen LogP contribution in [0.25, 0.3) is 0 Å². The number of nitrogens with one attached hydrogen (secondary N) is 1. The Hall–Kier alpha value is -1.07. The molecule has 5 nitrogen and oxygen atoms in total. The van der Waals surface area contributed by atoms with Gasteiger partial charge in [0.1, 0.15) is 5.82 Å². The highest BCUT2D eigenvalue weighted by Crippen LogP contribution is 2.22. The van der Waals surface area contributed by atoms with E-state index >= 15 is 0 Å². The SMILES string of the molecule is CC(C)c1nc2c(n1N1CCOCC1)CCNC2. The Kier molecular flexibility index (Phi) is 3.26. The standard InChI is InChI=1S/C13H22N4O/c1-10(2)13-15-11-9-14-4-3-12(11)17(13)16-5-7-18-8-6-16/h10,14H,3-9H2,1-2H3. The number of hydrogen-bond donors (Lipinski definition) is 1. The van der Waals surface area contributed by atoms with Gasteiger partial charge in [-0.3, -0.25) is 0 Å². The molecular formula is C13H22N4O. The van der Waals surface area contributed by atoms with Crippen molar-refractivity contribution in [1.82, 2.24) is 15.0 Å². The first-order chi connectivity index (χ1) is 8.77. The van der Waals surface area contributed by atoms with Gasteiger partial charge in [-0.25, -0.2) is 9.66 Å². The molecule has 1 aromatic rings. The monoisotopic (exact) mass is 250 g/mol. The molecule has 1 fully saturated rings. The third-order valence-corrected chi connectivity index (χ3v) is 3.67. The third-order valence-electron chi connectivity index (χ3n) is 3.67. The van der Waals surface area contributed by atoms with E-state index in [9.17, 15) is 0 Å². The summed E-state index contributed by atoms with van der Waals surface area (Å²) < 4.78 is 7.83. The van der Waals surface area contributed by atoms with E-state index < -0.39 is 0 Å². The second-order valence-corrected chi connectivity index (χ2v) is 5.32. The Bertz CT molecular complexity index is 421. The van der Waals surface area contributed by atoms with Gasteiger partial charge in [-0.2, -0.15) is 0 Å². The van der Waals surface area contributed by atoms with Crippen LogP contribution in [0.3, 0.4) is 0 Å². The van der Waals surface area contributed by atoms with E-state index in [0.29, 0.717) is 5.92 Å². The summed E-state index contributed by atoms with van der Waals surface area (Å²) in [7, 11) is 0. The summed E-state index contributed by atoms with van der Waals surface area (Å²) in [4.78, 5) is 4.84. The van der Waals surface area contributed by atoms with Crippen molar-refractivity contribution in [2.75, 3.05) is 37.9 Å². The number of fused-ring (bicyclic) bond motifs is 1. The van der Waals surface area contributed by atoms with Crippen LogP contribution in [0, 0.1) is 0 Å². The van der Waals surface area contributed by atoms with Crippen LogP contribution in [0.2, 0.25) is 0 Å². The minimum atomic E-state index is 0.457. The molecule has 2 aliphatic rings. The normalized spacial score (nSPS) is 20.3. The summed E-state index contributed by atoms with van der Waals surface area (Å²) in [5.41, 5.74) is 2.63. The third kappa shape index (κ3) is 2.01. The molecule has 5 heteroatoms. The first kappa shape index (κ1) is 12.0. The zero-order valence-electron chi connectivity index (χ0n) is 11.3. The van der Waals surface area contributed by atoms with Gasteiger partial charge in [-0.15, -0.1) is 0 Å². The van der Waals surface area contributed by atoms with Crippen LogP contribution in [-0.4, -0.2) is 42.5 Å². The molecule has 0 amide bonds. The Balaban J connectivity index is 2.01. The molecule has 0 spiro atoms. The van der Waals surface area contributed by atoms with E-state index in [1.54, 1.807) is 0 Å². The molecule has 3 heterocycles. The lowest BCUT2D eigenvalue weighted by atomic mass is 10.2. The second-order valence-electron chi connectivity index (χ2n) is 5.32. The van der Waals surface area contributed by atoms with E-state index in [0.717, 1.165) is 45.8 Å². The van der Waals surface area contributed by atoms with Crippen LogP contribution in [0.15, 0.2) is 0 Å². The molecule has 3 rings (SSSR count). The molecule has 18 heavy (non-hydrogen) atoms. The molecule has 0 aromatic carbocycles. The highest BCUT2D eigenvalue weighted by Gasteiger charge is 2.25. The molecule has 1 N–H and O–H groups in total. The molecule has 0 aliphatic carbocycles. The highest BCUT2D eigenvalue weighted by atomic mass is 16.5. The molecule has 1 saturated heterocycles. The maximum absolute atomic E-state index is 5.45. The summed E-state index contributed by atoms with van der Waals surface area (Å²) in [6.45, 7) is 9.99. The molecule has 1 aromatic heterocycles. The Labute approximate surface area is 108 Å². The van der Waals surface area contributed by atoms with Crippen molar-refractivity contribution < 1.29 is 4.74 Å². The molecular weight excluding hydrogens is 228 g/mol. The number of hydrogen-bond acceptors (Lipinski definition) is 4. The Morgan fingerprint density at radius 2 is 2.06 bits per heavy atom. The van der Waals surface area contributed by atoms with E-state index in [4.69, 9.17) is 9.72 Å². The number of nitrogens with zero attached hydrogens (tertiary/aromatic N) is 3. The zero-order chi connectivity index (χ0) is 12.5. The average molecular weight is 250 g/mol. The van der Waals surface area contributed by atoms with Crippen LogP contribution < -0.4 is 10.3 Å². The fourth-order valence-electron chi connectivity index (χ4n) is 2.76. The summed E-state index contributed by atoms with van der Waals surface area (Å²) >= 11 is 0. The van der Waals surface area contributed by atoms with Crippen LogP contribution in [0.1, 0.15) is 37.0 Å². The number of imidazole rings is 1. The molecule has 0 radical (unpaired) electrons. The van der Waals surface area contributed by atoms with Gasteiger partial charge >= 0.3 is 0 Å². The smallest absolute Gasteiger partial charge is 0.130 e. The van der Waals surface area contributed by atoms with E-state index in [1.165, 1.54) is 17.2 Å². The maximum Gasteiger partial charge on any atom is 0.130 e. The van der Waals surface area contributed by atoms with E-state index in [2.05, 4.69) is 28.8 Å². The average Bonchev–Trinajstić information content (AvgIpc) is 2.79. The van der Waals surface area contributed by atoms with Crippen LogP contribution in [0.4, 0.5) is 0 Å². The van der Waals surface area contributed by atoms with Crippen LogP contribution >= 0.6 is 0 Å². The number of morpholine rings is 1. The van der Waals surface area contributed by atoms with Gasteiger partial charge < -0.3 is 15.1 Å². The zero-order valence-corrected chi connectivity index (χ0v) is 11.3. The fourth-order valence-corrected chi connectivity index (χ4v) is 2.76. The van der Waals surface area contributed by atoms with Gasteiger partial charge in [0.05, 0.1) is 37.7 Å². The molecule has 100 valence electrons. The summed E-state index contributed by atoms with van der Waals surface area (Å²) in [5.74, 6) is 1.66. The van der Waals surface area contributed by atoms with Crippen LogP contribution in [-0.2, 0) is 17.7 Å². The maximum atomic E-state index is 5.45. The minimum absolute atomic E-state index is 0.457. The Morgan fingerprint density at radius 3 is 2.78 bits per heavy atom. The van der Waals surface area contributed by atoms with Gasteiger partial charge in [-0.05, 0) is 0 Å². The summed E-state index contributed by atoms with van der Waals surface area (Å²) in [6.07, 6.45) is 1.08. The first-order valence-electron chi connectivity index (χ1n) is 6.91. The predicted molar refractivity (Wildman–Crippen MR) is 70.5 cm³/mol. The van der Waals surface area contributed by atoms with Crippen LogP contribution in [0.5, 0.6) is 0 Å². The molecule has 2 aliphatic heterocycles. The van der Waals surface area contributed by atoms with Gasteiger partial charge in [0.2, 0.25) is 0 Å². The number of rotatable bonds is 2. The lowest BCUT2D eigenvalue weighted by Crippen LogP contribution is -2.46. The lowest BCUT2D eigenvalue weighted by Gasteiger charge is -2.33. The predicted octanol–water partition coefficient (Wildman–Crippen LogP) is 0.620. The molecule has 0 atom stereocenters. The van der Waals surface area contributed by atoms with E-state index in [-0.39, 0.29) is 0 Å². The molecule has 0 unspecified atom stereocenters. The van der Waals surface area contributed by atoms with E-state index in [1.807, 2.05) is 0 Å². The van der Waals surface area contributed by atoms with Gasteiger partial charge in [0, 0.05) is 25.4 Å².